The molecule has 0 bridgehead atoms. The first-order valence-corrected chi connectivity index (χ1v) is 5.72. The molecule has 0 aliphatic heterocycles. The van der Waals surface area contributed by atoms with Crippen molar-refractivity contribution in [2.45, 2.75) is 16.7 Å². The molecule has 1 N–H and O–H groups in total. The number of nitrogens with zero attached hydrogens (tertiary/aromatic N) is 4. The number of benzene rings is 1. The minimum Gasteiger partial charge on any atom is -0.392 e. The number of nitriles is 1. The first-order chi connectivity index (χ1) is 8.24. The first kappa shape index (κ1) is 11.6. The molecule has 0 amide bonds. The second kappa shape index (κ2) is 4.99. The van der Waals surface area contributed by atoms with E-state index in [1.165, 1.54) is 18.1 Å². The molecule has 0 unspecified atom stereocenters. The minimum atomic E-state index is -0.0659. The van der Waals surface area contributed by atoms with Gasteiger partial charge in [-0.1, -0.05) is 6.07 Å². The van der Waals surface area contributed by atoms with Crippen molar-refractivity contribution in [3.63, 3.8) is 0 Å². The Morgan fingerprint density at radius 2 is 2.35 bits per heavy atom. The zero-order valence-corrected chi connectivity index (χ0v) is 9.98. The van der Waals surface area contributed by atoms with Crippen molar-refractivity contribution in [2.75, 3.05) is 0 Å². The summed E-state index contributed by atoms with van der Waals surface area (Å²) in [7, 11) is 1.80. The van der Waals surface area contributed by atoms with Gasteiger partial charge < -0.3 is 5.11 Å². The highest BCUT2D eigenvalue weighted by atomic mass is 32.2. The van der Waals surface area contributed by atoms with Gasteiger partial charge in [0.1, 0.15) is 12.4 Å². The largest absolute Gasteiger partial charge is 0.392 e. The normalized spacial score (nSPS) is 10.2. The van der Waals surface area contributed by atoms with Crippen LogP contribution >= 0.6 is 11.8 Å². The predicted octanol–water partition coefficient (Wildman–Crippen LogP) is 1.33. The van der Waals surface area contributed by atoms with Crippen LogP contribution in [0.5, 0.6) is 0 Å². The van der Waals surface area contributed by atoms with E-state index in [2.05, 4.69) is 16.2 Å². The van der Waals surface area contributed by atoms with Crippen LogP contribution in [0.25, 0.3) is 0 Å². The van der Waals surface area contributed by atoms with Crippen LogP contribution in [-0.4, -0.2) is 19.9 Å². The number of aliphatic hydroxyl groups excluding tert-OH is 1. The minimum absolute atomic E-state index is 0.0659. The maximum atomic E-state index is 9.05. The summed E-state index contributed by atoms with van der Waals surface area (Å²) in [6.45, 7) is -0.0659. The number of hydrogen-bond donors (Lipinski definition) is 1. The molecule has 17 heavy (non-hydrogen) atoms. The number of hydrogen-bond acceptors (Lipinski definition) is 5. The first-order valence-electron chi connectivity index (χ1n) is 4.90. The van der Waals surface area contributed by atoms with Gasteiger partial charge in [0.15, 0.2) is 5.16 Å². The lowest BCUT2D eigenvalue weighted by Crippen LogP contribution is -1.94. The Morgan fingerprint density at radius 1 is 1.53 bits per heavy atom. The lowest BCUT2D eigenvalue weighted by Gasteiger charge is -2.04. The molecular formula is C11H10N4OS. The van der Waals surface area contributed by atoms with Gasteiger partial charge in [-0.3, -0.25) is 0 Å². The summed E-state index contributed by atoms with van der Waals surface area (Å²) in [6, 6.07) is 7.39. The highest BCUT2D eigenvalue weighted by Crippen LogP contribution is 2.28. The highest BCUT2D eigenvalue weighted by molar-refractivity contribution is 7.99. The number of aromatic nitrogens is 3. The van der Waals surface area contributed by atoms with Crippen molar-refractivity contribution in [3.05, 3.63) is 35.7 Å². The zero-order valence-electron chi connectivity index (χ0n) is 9.16. The van der Waals surface area contributed by atoms with E-state index in [1.807, 2.05) is 6.07 Å². The van der Waals surface area contributed by atoms with Crippen molar-refractivity contribution < 1.29 is 5.11 Å². The third kappa shape index (κ3) is 2.46. The summed E-state index contributed by atoms with van der Waals surface area (Å²) in [4.78, 5) is 4.89. The number of aryl methyl sites for hydroxylation is 1. The molecule has 1 aromatic heterocycles. The van der Waals surface area contributed by atoms with E-state index in [0.717, 1.165) is 15.6 Å². The summed E-state index contributed by atoms with van der Waals surface area (Å²) in [5, 5.41) is 22.7. The maximum absolute atomic E-state index is 9.05. The van der Waals surface area contributed by atoms with Crippen LogP contribution in [0.1, 0.15) is 11.1 Å². The van der Waals surface area contributed by atoms with E-state index in [-0.39, 0.29) is 6.61 Å². The van der Waals surface area contributed by atoms with Crippen molar-refractivity contribution in [1.82, 2.24) is 14.8 Å². The molecule has 1 heterocycles. The van der Waals surface area contributed by atoms with Crippen molar-refractivity contribution in [2.24, 2.45) is 7.05 Å². The molecule has 0 atom stereocenters. The molecule has 5 nitrogen and oxygen atoms in total. The van der Waals surface area contributed by atoms with Crippen LogP contribution in [0.4, 0.5) is 0 Å². The monoisotopic (exact) mass is 246 g/mol. The number of rotatable bonds is 3. The van der Waals surface area contributed by atoms with Gasteiger partial charge in [-0.05, 0) is 29.5 Å². The Balaban J connectivity index is 2.34. The van der Waals surface area contributed by atoms with Crippen LogP contribution in [0.3, 0.4) is 0 Å². The molecule has 86 valence electrons. The lowest BCUT2D eigenvalue weighted by atomic mass is 10.1. The fourth-order valence-electron chi connectivity index (χ4n) is 1.33. The molecule has 0 spiro atoms. The molecule has 2 aromatic rings. The molecular weight excluding hydrogens is 236 g/mol. The summed E-state index contributed by atoms with van der Waals surface area (Å²) in [5.41, 5.74) is 1.26. The highest BCUT2D eigenvalue weighted by Gasteiger charge is 2.08. The van der Waals surface area contributed by atoms with E-state index in [1.54, 1.807) is 23.9 Å². The Bertz CT molecular complexity index is 573. The van der Waals surface area contributed by atoms with Crippen LogP contribution in [0.15, 0.2) is 34.6 Å². The molecule has 0 radical (unpaired) electrons. The second-order valence-corrected chi connectivity index (χ2v) is 4.38. The lowest BCUT2D eigenvalue weighted by molar-refractivity contribution is 0.281. The van der Waals surface area contributed by atoms with Crippen LogP contribution < -0.4 is 0 Å². The van der Waals surface area contributed by atoms with E-state index < -0.39 is 0 Å². The molecule has 0 saturated carbocycles. The molecule has 6 heteroatoms. The zero-order chi connectivity index (χ0) is 12.3. The van der Waals surface area contributed by atoms with E-state index in [9.17, 15) is 0 Å². The molecule has 0 saturated heterocycles. The predicted molar refractivity (Wildman–Crippen MR) is 62.2 cm³/mol. The average molecular weight is 246 g/mol. The molecule has 1 aromatic carbocycles. The standard InChI is InChI=1S/C11H10N4OS/c1-15-11(13-7-14-15)17-10-3-2-8(6-16)4-9(10)5-12/h2-4,7,16H,6H2,1H3. The average Bonchev–Trinajstić information content (AvgIpc) is 2.75. The summed E-state index contributed by atoms with van der Waals surface area (Å²) < 4.78 is 1.64. The number of aliphatic hydroxyl groups is 1. The van der Waals surface area contributed by atoms with Gasteiger partial charge in [-0.15, -0.1) is 0 Å². The van der Waals surface area contributed by atoms with Gasteiger partial charge in [0.05, 0.1) is 12.2 Å². The fraction of sp³-hybridized carbons (Fsp3) is 0.182. The van der Waals surface area contributed by atoms with Gasteiger partial charge in [-0.25, -0.2) is 9.67 Å². The van der Waals surface area contributed by atoms with Gasteiger partial charge in [0, 0.05) is 11.9 Å². The SMILES string of the molecule is Cn1ncnc1Sc1ccc(CO)cc1C#N. The third-order valence-electron chi connectivity index (χ3n) is 2.22. The van der Waals surface area contributed by atoms with Gasteiger partial charge in [0.2, 0.25) is 0 Å². The van der Waals surface area contributed by atoms with Crippen LogP contribution in [-0.2, 0) is 13.7 Å². The summed E-state index contributed by atoms with van der Waals surface area (Å²) in [5.74, 6) is 0. The second-order valence-electron chi connectivity index (χ2n) is 3.37. The Kier molecular flexibility index (Phi) is 3.42. The molecule has 2 rings (SSSR count). The quantitative estimate of drug-likeness (QED) is 0.884. The molecule has 0 aliphatic carbocycles. The van der Waals surface area contributed by atoms with Crippen LogP contribution in [0.2, 0.25) is 0 Å². The molecule has 0 aliphatic rings. The van der Waals surface area contributed by atoms with Crippen LogP contribution in [0, 0.1) is 11.3 Å². The van der Waals surface area contributed by atoms with Crippen molar-refractivity contribution in [3.8, 4) is 6.07 Å². The summed E-state index contributed by atoms with van der Waals surface area (Å²) in [6.07, 6.45) is 1.47. The Labute approximate surface area is 103 Å². The third-order valence-corrected chi connectivity index (χ3v) is 3.35. The maximum Gasteiger partial charge on any atom is 0.190 e. The van der Waals surface area contributed by atoms with Crippen molar-refractivity contribution in [1.29, 1.82) is 5.26 Å². The van der Waals surface area contributed by atoms with Gasteiger partial charge in [0.25, 0.3) is 0 Å². The van der Waals surface area contributed by atoms with E-state index in [0.29, 0.717) is 5.56 Å². The summed E-state index contributed by atoms with van der Waals surface area (Å²) >= 11 is 1.38. The Hall–Kier alpha value is -1.84. The molecule has 0 fully saturated rings. The van der Waals surface area contributed by atoms with E-state index >= 15 is 0 Å². The van der Waals surface area contributed by atoms with E-state index in [4.69, 9.17) is 10.4 Å². The topological polar surface area (TPSA) is 74.7 Å². The fourth-order valence-corrected chi connectivity index (χ4v) is 2.15. The van der Waals surface area contributed by atoms with Gasteiger partial charge in [-0.2, -0.15) is 10.4 Å². The van der Waals surface area contributed by atoms with Gasteiger partial charge >= 0.3 is 0 Å². The van der Waals surface area contributed by atoms with Crippen molar-refractivity contribution >= 4 is 11.8 Å². The smallest absolute Gasteiger partial charge is 0.190 e. The Morgan fingerprint density at radius 3 is 2.94 bits per heavy atom.